The van der Waals surface area contributed by atoms with Gasteiger partial charge in [-0.3, -0.25) is 4.79 Å². The van der Waals surface area contributed by atoms with Gasteiger partial charge in [-0.15, -0.1) is 0 Å². The second-order valence-corrected chi connectivity index (χ2v) is 5.02. The topological polar surface area (TPSA) is 70.6 Å². The predicted molar refractivity (Wildman–Crippen MR) is 82.0 cm³/mol. The van der Waals surface area contributed by atoms with Gasteiger partial charge in [-0.2, -0.15) is 11.8 Å². The van der Waals surface area contributed by atoms with Gasteiger partial charge in [0.1, 0.15) is 5.75 Å². The highest BCUT2D eigenvalue weighted by molar-refractivity contribution is 7.97. The summed E-state index contributed by atoms with van der Waals surface area (Å²) in [6, 6.07) is 5.36. The lowest BCUT2D eigenvalue weighted by atomic mass is 10.2. The Labute approximate surface area is 123 Å². The van der Waals surface area contributed by atoms with Crippen molar-refractivity contribution in [2.45, 2.75) is 25.5 Å². The molecule has 5 nitrogen and oxygen atoms in total. The van der Waals surface area contributed by atoms with E-state index in [1.165, 1.54) is 0 Å². The highest BCUT2D eigenvalue weighted by atomic mass is 32.2. The molecule has 0 saturated heterocycles. The van der Waals surface area contributed by atoms with Crippen LogP contribution in [0.4, 0.5) is 5.69 Å². The Balaban J connectivity index is 2.46. The fourth-order valence-electron chi connectivity index (χ4n) is 1.69. The summed E-state index contributed by atoms with van der Waals surface area (Å²) in [5.74, 6) is 1.24. The summed E-state index contributed by atoms with van der Waals surface area (Å²) in [5.41, 5.74) is 3.39. The summed E-state index contributed by atoms with van der Waals surface area (Å²) in [6.07, 6.45) is 2.92. The molecule has 1 aromatic rings. The number of hydrogen-bond donors (Lipinski definition) is 1. The minimum absolute atomic E-state index is 0.214. The second kappa shape index (κ2) is 9.50. The van der Waals surface area contributed by atoms with Crippen LogP contribution < -0.4 is 10.2 Å². The summed E-state index contributed by atoms with van der Waals surface area (Å²) in [5, 5.41) is 10.8. The van der Waals surface area contributed by atoms with Crippen LogP contribution in [0.2, 0.25) is 0 Å². The van der Waals surface area contributed by atoms with Crippen LogP contribution >= 0.6 is 11.8 Å². The monoisotopic (exact) mass is 298 g/mol. The van der Waals surface area contributed by atoms with Crippen LogP contribution in [0.25, 0.3) is 0 Å². The summed E-state index contributed by atoms with van der Waals surface area (Å²) < 4.78 is 10.4. The molecular formula is C14H20NO4S-. The Kier molecular flexibility index (Phi) is 7.91. The van der Waals surface area contributed by atoms with Crippen molar-refractivity contribution in [3.05, 3.63) is 29.0 Å². The number of rotatable bonds is 9. The number of nitrogens with one attached hydrogen (secondary N) is 1. The van der Waals surface area contributed by atoms with Crippen molar-refractivity contribution in [2.75, 3.05) is 24.9 Å². The Morgan fingerprint density at radius 1 is 1.40 bits per heavy atom. The highest BCUT2D eigenvalue weighted by Gasteiger charge is 2.03. The van der Waals surface area contributed by atoms with E-state index < -0.39 is 0 Å². The largest absolute Gasteiger partial charge is 0.761 e. The van der Waals surface area contributed by atoms with E-state index in [9.17, 15) is 10.0 Å². The van der Waals surface area contributed by atoms with Gasteiger partial charge in [-0.05, 0) is 37.3 Å². The maximum absolute atomic E-state index is 11.2. The number of ether oxygens (including phenoxy) is 2. The maximum Gasteiger partial charge on any atom is 0.305 e. The Bertz CT molecular complexity index is 426. The van der Waals surface area contributed by atoms with Crippen molar-refractivity contribution in [2.24, 2.45) is 0 Å². The lowest BCUT2D eigenvalue weighted by molar-refractivity contribution is -0.143. The van der Waals surface area contributed by atoms with E-state index in [2.05, 4.69) is 0 Å². The fraction of sp³-hybridized carbons (Fsp3) is 0.500. The third-order valence-corrected chi connectivity index (χ3v) is 3.12. The van der Waals surface area contributed by atoms with Crippen LogP contribution in [0.5, 0.6) is 5.75 Å². The summed E-state index contributed by atoms with van der Waals surface area (Å²) in [7, 11) is 0. The first-order valence-electron chi connectivity index (χ1n) is 6.49. The molecule has 1 rings (SSSR count). The van der Waals surface area contributed by atoms with E-state index in [1.54, 1.807) is 30.8 Å². The molecule has 0 saturated carbocycles. The molecule has 0 aromatic heterocycles. The molecule has 0 aliphatic carbocycles. The number of anilines is 1. The van der Waals surface area contributed by atoms with Crippen LogP contribution in [-0.4, -0.2) is 25.4 Å². The molecule has 0 unspecified atom stereocenters. The lowest BCUT2D eigenvalue weighted by Crippen LogP contribution is -2.07. The molecular weight excluding hydrogens is 278 g/mol. The first-order chi connectivity index (χ1) is 9.69. The van der Waals surface area contributed by atoms with E-state index in [-0.39, 0.29) is 5.97 Å². The van der Waals surface area contributed by atoms with Crippen molar-refractivity contribution < 1.29 is 14.3 Å². The van der Waals surface area contributed by atoms with Gasteiger partial charge in [0, 0.05) is 23.9 Å². The minimum atomic E-state index is -0.214. The molecule has 0 fully saturated rings. The second-order valence-electron chi connectivity index (χ2n) is 4.16. The third-order valence-electron chi connectivity index (χ3n) is 2.49. The predicted octanol–water partition coefficient (Wildman–Crippen LogP) is 3.18. The van der Waals surface area contributed by atoms with E-state index in [0.29, 0.717) is 37.5 Å². The minimum Gasteiger partial charge on any atom is -0.761 e. The number of carbonyl (C=O) groups is 1. The molecule has 6 heteroatoms. The molecule has 20 heavy (non-hydrogen) atoms. The number of benzene rings is 1. The van der Waals surface area contributed by atoms with Gasteiger partial charge in [0.2, 0.25) is 0 Å². The lowest BCUT2D eigenvalue weighted by Gasteiger charge is -2.14. The number of esters is 1. The molecule has 0 heterocycles. The molecule has 1 aromatic carbocycles. The van der Waals surface area contributed by atoms with E-state index in [4.69, 9.17) is 9.47 Å². The SMILES string of the molecule is CCOC(=O)CCCOc1cc(CSC)cc(N[O-])c1. The van der Waals surface area contributed by atoms with Crippen molar-refractivity contribution in [3.8, 4) is 5.75 Å². The Hall–Kier alpha value is -1.40. The van der Waals surface area contributed by atoms with E-state index in [1.807, 2.05) is 17.8 Å². The zero-order valence-electron chi connectivity index (χ0n) is 11.8. The average Bonchev–Trinajstić information content (AvgIpc) is 2.44. The van der Waals surface area contributed by atoms with Gasteiger partial charge >= 0.3 is 5.97 Å². The summed E-state index contributed by atoms with van der Waals surface area (Å²) >= 11 is 1.67. The van der Waals surface area contributed by atoms with Crippen molar-refractivity contribution >= 4 is 23.4 Å². The summed E-state index contributed by atoms with van der Waals surface area (Å²) in [4.78, 5) is 11.2. The molecule has 0 aliphatic rings. The Morgan fingerprint density at radius 2 is 2.20 bits per heavy atom. The van der Waals surface area contributed by atoms with Gasteiger partial charge in [-0.25, -0.2) is 0 Å². The smallest absolute Gasteiger partial charge is 0.305 e. The van der Waals surface area contributed by atoms with Gasteiger partial charge < -0.3 is 20.2 Å². The fourth-order valence-corrected chi connectivity index (χ4v) is 2.19. The highest BCUT2D eigenvalue weighted by Crippen LogP contribution is 2.23. The molecule has 0 aliphatic heterocycles. The quantitative estimate of drug-likeness (QED) is 0.429. The van der Waals surface area contributed by atoms with Gasteiger partial charge in [0.25, 0.3) is 0 Å². The van der Waals surface area contributed by atoms with Gasteiger partial charge in [0.15, 0.2) is 0 Å². The van der Waals surface area contributed by atoms with E-state index in [0.717, 1.165) is 11.3 Å². The first-order valence-corrected chi connectivity index (χ1v) is 7.88. The number of carbonyl (C=O) groups excluding carboxylic acids is 1. The van der Waals surface area contributed by atoms with Crippen LogP contribution in [0.1, 0.15) is 25.3 Å². The van der Waals surface area contributed by atoms with E-state index >= 15 is 0 Å². The van der Waals surface area contributed by atoms with Crippen LogP contribution in [0.15, 0.2) is 18.2 Å². The third kappa shape index (κ3) is 6.16. The summed E-state index contributed by atoms with van der Waals surface area (Å²) in [6.45, 7) is 2.60. The van der Waals surface area contributed by atoms with Crippen LogP contribution in [0, 0.1) is 5.21 Å². The average molecular weight is 298 g/mol. The number of thioether (sulfide) groups is 1. The molecule has 0 radical (unpaired) electrons. The van der Waals surface area contributed by atoms with Crippen molar-refractivity contribution in [1.82, 2.24) is 0 Å². The maximum atomic E-state index is 11.2. The van der Waals surface area contributed by atoms with Crippen molar-refractivity contribution in [1.29, 1.82) is 0 Å². The van der Waals surface area contributed by atoms with Gasteiger partial charge in [-0.1, -0.05) is 0 Å². The number of hydrogen-bond acceptors (Lipinski definition) is 6. The van der Waals surface area contributed by atoms with Crippen LogP contribution in [0.3, 0.4) is 0 Å². The standard InChI is InChI=1S/C14H20NO4S/c1-3-18-14(16)5-4-6-19-13-8-11(10-20-2)7-12(9-13)15-17/h7-9,15H,3-6,10H2,1-2H3/q-1. The zero-order chi connectivity index (χ0) is 14.8. The molecule has 0 atom stereocenters. The molecule has 0 spiro atoms. The molecule has 0 amide bonds. The zero-order valence-corrected chi connectivity index (χ0v) is 12.6. The molecule has 1 N–H and O–H groups in total. The van der Waals surface area contributed by atoms with Crippen molar-refractivity contribution in [3.63, 3.8) is 0 Å². The normalized spacial score (nSPS) is 10.2. The Morgan fingerprint density at radius 3 is 2.85 bits per heavy atom. The molecule has 0 bridgehead atoms. The van der Waals surface area contributed by atoms with Crippen LogP contribution in [-0.2, 0) is 15.3 Å². The molecule has 112 valence electrons. The van der Waals surface area contributed by atoms with Gasteiger partial charge in [0.05, 0.1) is 13.2 Å². The first kappa shape index (κ1) is 16.7.